The van der Waals surface area contributed by atoms with Gasteiger partial charge in [-0.25, -0.2) is 5.43 Å². The molecule has 12 heteroatoms. The Balaban J connectivity index is 1.55. The fourth-order valence-electron chi connectivity index (χ4n) is 3.22. The van der Waals surface area contributed by atoms with Crippen molar-refractivity contribution in [2.45, 2.75) is 0 Å². The summed E-state index contributed by atoms with van der Waals surface area (Å²) in [5, 5.41) is 18.4. The van der Waals surface area contributed by atoms with Crippen LogP contribution in [-0.2, 0) is 4.74 Å². The van der Waals surface area contributed by atoms with Gasteiger partial charge in [0.05, 0.1) is 24.4 Å². The molecule has 1 saturated heterocycles. The zero-order valence-corrected chi connectivity index (χ0v) is 18.9. The maximum Gasteiger partial charge on any atom is 0.271 e. The van der Waals surface area contributed by atoms with Gasteiger partial charge in [-0.1, -0.05) is 18.2 Å². The lowest BCUT2D eigenvalue weighted by Gasteiger charge is -2.27. The average molecular weight is 464 g/mol. The number of benzene rings is 2. The number of hydrogen-bond acceptors (Lipinski definition) is 11. The second-order valence-electron chi connectivity index (χ2n) is 7.67. The molecule has 0 bridgehead atoms. The van der Waals surface area contributed by atoms with Crippen molar-refractivity contribution in [1.82, 2.24) is 15.0 Å². The Bertz CT molecular complexity index is 1160. The van der Waals surface area contributed by atoms with E-state index in [2.05, 4.69) is 30.8 Å². The minimum Gasteiger partial charge on any atom is -0.378 e. The highest BCUT2D eigenvalue weighted by atomic mass is 16.6. The third-order valence-corrected chi connectivity index (χ3v) is 5.02. The van der Waals surface area contributed by atoms with Crippen LogP contribution in [0, 0.1) is 10.1 Å². The number of hydrogen-bond donors (Lipinski definition) is 2. The first-order valence-corrected chi connectivity index (χ1v) is 10.6. The fourth-order valence-corrected chi connectivity index (χ4v) is 3.22. The summed E-state index contributed by atoms with van der Waals surface area (Å²) in [4.78, 5) is 28.0. The summed E-state index contributed by atoms with van der Waals surface area (Å²) in [6.07, 6.45) is 1.67. The Kier molecular flexibility index (Phi) is 7.08. The van der Waals surface area contributed by atoms with E-state index in [0.29, 0.717) is 37.9 Å². The maximum atomic E-state index is 11.1. The van der Waals surface area contributed by atoms with Crippen molar-refractivity contribution >= 4 is 41.1 Å². The molecule has 2 N–H and O–H groups in total. The second kappa shape index (κ2) is 10.5. The first-order chi connectivity index (χ1) is 16.5. The van der Waals surface area contributed by atoms with Crippen LogP contribution in [0.25, 0.3) is 0 Å². The molecular formula is C22H25N9O3. The highest BCUT2D eigenvalue weighted by molar-refractivity contribution is 5.80. The van der Waals surface area contributed by atoms with Gasteiger partial charge in [0.2, 0.25) is 17.8 Å². The molecule has 34 heavy (non-hydrogen) atoms. The third kappa shape index (κ3) is 5.92. The molecule has 1 aliphatic heterocycles. The second-order valence-corrected chi connectivity index (χ2v) is 7.67. The van der Waals surface area contributed by atoms with E-state index in [-0.39, 0.29) is 17.6 Å². The van der Waals surface area contributed by atoms with Gasteiger partial charge in [0.15, 0.2) is 0 Å². The van der Waals surface area contributed by atoms with Crippen LogP contribution >= 0.6 is 0 Å². The molecular weight excluding hydrogens is 438 g/mol. The van der Waals surface area contributed by atoms with Gasteiger partial charge < -0.3 is 19.9 Å². The zero-order chi connectivity index (χ0) is 23.9. The van der Waals surface area contributed by atoms with Crippen molar-refractivity contribution < 1.29 is 9.66 Å². The molecule has 0 saturated carbocycles. The third-order valence-electron chi connectivity index (χ3n) is 5.02. The summed E-state index contributed by atoms with van der Waals surface area (Å²) in [6, 6.07) is 14.1. The van der Waals surface area contributed by atoms with Crippen molar-refractivity contribution in [2.75, 3.05) is 60.9 Å². The molecule has 2 aromatic carbocycles. The molecule has 1 aromatic heterocycles. The van der Waals surface area contributed by atoms with Crippen LogP contribution in [0.1, 0.15) is 5.56 Å². The number of nitro groups is 1. The van der Waals surface area contributed by atoms with Crippen molar-refractivity contribution in [1.29, 1.82) is 0 Å². The summed E-state index contributed by atoms with van der Waals surface area (Å²) in [5.41, 5.74) is 5.32. The number of aromatic nitrogens is 3. The molecule has 0 unspecified atom stereocenters. The Morgan fingerprint density at radius 3 is 2.53 bits per heavy atom. The Morgan fingerprint density at radius 1 is 1.09 bits per heavy atom. The quantitative estimate of drug-likeness (QED) is 0.292. The predicted molar refractivity (Wildman–Crippen MR) is 131 cm³/mol. The average Bonchev–Trinajstić information content (AvgIpc) is 2.85. The Morgan fingerprint density at radius 2 is 1.82 bits per heavy atom. The van der Waals surface area contributed by atoms with E-state index in [1.807, 2.05) is 48.2 Å². The van der Waals surface area contributed by atoms with Crippen LogP contribution < -0.4 is 20.5 Å². The maximum absolute atomic E-state index is 11.1. The van der Waals surface area contributed by atoms with Crippen LogP contribution in [-0.4, -0.2) is 66.5 Å². The van der Waals surface area contributed by atoms with Crippen LogP contribution in [0.4, 0.5) is 34.9 Å². The lowest BCUT2D eigenvalue weighted by molar-refractivity contribution is -0.384. The van der Waals surface area contributed by atoms with Crippen LogP contribution in [0.5, 0.6) is 0 Å². The highest BCUT2D eigenvalue weighted by Crippen LogP contribution is 2.22. The van der Waals surface area contributed by atoms with Crippen LogP contribution in [0.15, 0.2) is 53.6 Å². The number of rotatable bonds is 8. The van der Waals surface area contributed by atoms with Crippen molar-refractivity contribution in [3.8, 4) is 0 Å². The molecule has 4 rings (SSSR count). The number of ether oxygens (including phenoxy) is 1. The largest absolute Gasteiger partial charge is 0.378 e. The van der Waals surface area contributed by atoms with Crippen molar-refractivity contribution in [2.24, 2.45) is 5.10 Å². The summed E-state index contributed by atoms with van der Waals surface area (Å²) >= 11 is 0. The molecule has 0 radical (unpaired) electrons. The summed E-state index contributed by atoms with van der Waals surface area (Å²) < 4.78 is 5.42. The highest BCUT2D eigenvalue weighted by Gasteiger charge is 2.17. The van der Waals surface area contributed by atoms with E-state index in [9.17, 15) is 10.1 Å². The van der Waals surface area contributed by atoms with Gasteiger partial charge in [0, 0.05) is 50.7 Å². The number of non-ortho nitro benzene ring substituents is 1. The zero-order valence-electron chi connectivity index (χ0n) is 18.9. The molecule has 176 valence electrons. The number of hydrazone groups is 1. The number of nitro benzene ring substituents is 1. The molecule has 0 atom stereocenters. The van der Waals surface area contributed by atoms with E-state index in [1.165, 1.54) is 12.1 Å². The van der Waals surface area contributed by atoms with Gasteiger partial charge >= 0.3 is 0 Å². The van der Waals surface area contributed by atoms with Gasteiger partial charge in [-0.3, -0.25) is 10.1 Å². The Hall–Kier alpha value is -4.32. The fraction of sp³-hybridized carbons (Fsp3) is 0.273. The van der Waals surface area contributed by atoms with Gasteiger partial charge in [-0.15, -0.1) is 0 Å². The van der Waals surface area contributed by atoms with Crippen LogP contribution in [0.2, 0.25) is 0 Å². The standard InChI is InChI=1S/C22H25N9O3/c1-29(2)18-8-6-16(7-9-18)15-23-28-21-25-20(24-17-4-3-5-19(14-17)31(32)33)26-22(27-21)30-10-12-34-13-11-30/h3-9,14-15H,10-13H2,1-2H3,(H2,24,25,26,27,28)/b23-15-. The number of anilines is 5. The molecule has 1 fully saturated rings. The molecule has 3 aromatic rings. The minimum absolute atomic E-state index is 0.0318. The number of morpholine rings is 1. The molecule has 0 aliphatic carbocycles. The van der Waals surface area contributed by atoms with Crippen molar-refractivity contribution in [3.63, 3.8) is 0 Å². The number of nitrogens with one attached hydrogen (secondary N) is 2. The van der Waals surface area contributed by atoms with Gasteiger partial charge in [-0.05, 0) is 23.8 Å². The van der Waals surface area contributed by atoms with Gasteiger partial charge in [0.1, 0.15) is 0 Å². The first kappa shape index (κ1) is 22.9. The van der Waals surface area contributed by atoms with Crippen LogP contribution in [0.3, 0.4) is 0 Å². The topological polar surface area (TPSA) is 134 Å². The van der Waals surface area contributed by atoms with E-state index in [4.69, 9.17) is 4.74 Å². The summed E-state index contributed by atoms with van der Waals surface area (Å²) in [6.45, 7) is 2.43. The van der Waals surface area contributed by atoms with Gasteiger partial charge in [-0.2, -0.15) is 20.1 Å². The van der Waals surface area contributed by atoms with E-state index < -0.39 is 4.92 Å². The number of nitrogens with zero attached hydrogens (tertiary/aromatic N) is 7. The smallest absolute Gasteiger partial charge is 0.271 e. The molecule has 1 aliphatic rings. The molecule has 2 heterocycles. The molecule has 0 spiro atoms. The SMILES string of the molecule is CN(C)c1ccc(/C=N\Nc2nc(Nc3cccc([N+](=O)[O-])c3)nc(N3CCOCC3)n2)cc1. The lowest BCUT2D eigenvalue weighted by Crippen LogP contribution is -2.37. The van der Waals surface area contributed by atoms with Gasteiger partial charge in [0.25, 0.3) is 5.69 Å². The minimum atomic E-state index is -0.454. The first-order valence-electron chi connectivity index (χ1n) is 10.6. The van der Waals surface area contributed by atoms with E-state index >= 15 is 0 Å². The summed E-state index contributed by atoms with van der Waals surface area (Å²) in [5.74, 6) is 0.940. The van der Waals surface area contributed by atoms with Crippen molar-refractivity contribution in [3.05, 3.63) is 64.2 Å². The molecule has 0 amide bonds. The van der Waals surface area contributed by atoms with E-state index in [1.54, 1.807) is 18.3 Å². The summed E-state index contributed by atoms with van der Waals surface area (Å²) in [7, 11) is 3.97. The monoisotopic (exact) mass is 463 g/mol. The normalized spacial score (nSPS) is 13.6. The lowest BCUT2D eigenvalue weighted by atomic mass is 10.2. The van der Waals surface area contributed by atoms with E-state index in [0.717, 1.165) is 11.3 Å². The molecule has 12 nitrogen and oxygen atoms in total. The predicted octanol–water partition coefficient (Wildman–Crippen LogP) is 2.87. The Labute approximate surface area is 196 Å².